The van der Waals surface area contributed by atoms with E-state index in [1.54, 1.807) is 0 Å². The highest BCUT2D eigenvalue weighted by Crippen LogP contribution is 2.68. The maximum absolute atomic E-state index is 13.6. The second kappa shape index (κ2) is 16.9. The maximum Gasteiger partial charge on any atom is 0.344 e. The number of esters is 3. The molecule has 0 spiro atoms. The van der Waals surface area contributed by atoms with Crippen LogP contribution in [0.25, 0.3) is 43.6 Å². The van der Waals surface area contributed by atoms with Crippen LogP contribution >= 0.6 is 0 Å². The largest absolute Gasteiger partial charge is 0.462 e. The maximum atomic E-state index is 13.6. The summed E-state index contributed by atoms with van der Waals surface area (Å²) in [5, 5.41) is 19.4. The summed E-state index contributed by atoms with van der Waals surface area (Å²) in [4.78, 5) is 53.0. The van der Waals surface area contributed by atoms with E-state index in [-0.39, 0.29) is 36.7 Å². The van der Waals surface area contributed by atoms with Crippen LogP contribution in [0.1, 0.15) is 154 Å². The number of fused-ring (bicyclic) bond motifs is 18. The van der Waals surface area contributed by atoms with E-state index in [2.05, 4.69) is 50.6 Å². The number of hydrogen-bond donors (Lipinski definition) is 2. The first kappa shape index (κ1) is 46.8. The fourth-order valence-electron chi connectivity index (χ4n) is 16.4. The van der Waals surface area contributed by atoms with Gasteiger partial charge < -0.3 is 38.5 Å². The van der Waals surface area contributed by atoms with Gasteiger partial charge >= 0.3 is 17.9 Å². The molecule has 3 aromatic carbocycles. The second-order valence-electron chi connectivity index (χ2n) is 24.0. The standard InChI is InChI=1S/C59H71N3O9/c1-33(2)12-11-13-34(3)41-20-21-42-37-19-18-35-28-36(24-26-56(35,4)43(37)25-27-57(41,42)5)70-48(64)23-22-47(63)68-31-49(65)69-32-59(67)29-46-61-44-16-9-7-14-38(44)51-52-40(30-60-55(52)66)50-39-15-8-10-17-45(39)62(54(50)53(51)61)58(59,6)71-46/h7-10,14-18,33-34,36-37,41-43,46,67H,11-13,19-32H2,1-6H3,(H,60,66). The van der Waals surface area contributed by atoms with Crippen LogP contribution in [0.15, 0.2) is 60.2 Å². The Labute approximate surface area is 416 Å². The predicted octanol–water partition coefficient (Wildman–Crippen LogP) is 11.3. The molecule has 12 nitrogen and oxygen atoms in total. The van der Waals surface area contributed by atoms with Crippen LogP contribution in [0.2, 0.25) is 0 Å². The smallest absolute Gasteiger partial charge is 0.344 e. The molecule has 3 aliphatic heterocycles. The number of aliphatic hydroxyl groups is 1. The summed E-state index contributed by atoms with van der Waals surface area (Å²) < 4.78 is 28.2. The lowest BCUT2D eigenvalue weighted by Crippen LogP contribution is -2.54. The molecule has 5 heterocycles. The van der Waals surface area contributed by atoms with Crippen LogP contribution in [-0.2, 0) is 45.6 Å². The third-order valence-corrected chi connectivity index (χ3v) is 19.9. The molecular weight excluding hydrogens is 895 g/mol. The molecule has 0 radical (unpaired) electrons. The average Bonchev–Trinajstić information content (AvgIpc) is 4.13. The first-order valence-corrected chi connectivity index (χ1v) is 26.9. The molecule has 5 aromatic rings. The Morgan fingerprint density at radius 3 is 2.38 bits per heavy atom. The number of allylic oxidation sites excluding steroid dienone is 1. The number of aromatic nitrogens is 2. The van der Waals surface area contributed by atoms with Crippen molar-refractivity contribution in [1.82, 2.24) is 14.5 Å². The van der Waals surface area contributed by atoms with E-state index in [9.17, 15) is 24.3 Å². The third kappa shape index (κ3) is 7.02. The molecule has 1 amide bonds. The molecule has 11 atom stereocenters. The molecule has 2 bridgehead atoms. The van der Waals surface area contributed by atoms with Crippen molar-refractivity contribution >= 4 is 67.4 Å². The lowest BCUT2D eigenvalue weighted by molar-refractivity contribution is -0.200. The van der Waals surface area contributed by atoms with Gasteiger partial charge in [-0.05, 0) is 116 Å². The van der Waals surface area contributed by atoms with E-state index in [4.69, 9.17) is 18.9 Å². The molecule has 4 aliphatic carbocycles. The highest BCUT2D eigenvalue weighted by Gasteiger charge is 2.62. The Hall–Kier alpha value is -5.20. The molecular formula is C59H71N3O9. The number of carbonyl (C=O) groups is 4. The summed E-state index contributed by atoms with van der Waals surface area (Å²) >= 11 is 0. The van der Waals surface area contributed by atoms with Crippen molar-refractivity contribution in [3.05, 3.63) is 71.3 Å². The number of hydrogen-bond acceptors (Lipinski definition) is 9. The van der Waals surface area contributed by atoms with Gasteiger partial charge in [-0.25, -0.2) is 4.79 Å². The van der Waals surface area contributed by atoms with Gasteiger partial charge in [0.05, 0.1) is 40.5 Å². The number of benzene rings is 3. The Morgan fingerprint density at radius 1 is 0.845 bits per heavy atom. The van der Waals surface area contributed by atoms with E-state index >= 15 is 0 Å². The van der Waals surface area contributed by atoms with Crippen molar-refractivity contribution < 1.29 is 43.2 Å². The van der Waals surface area contributed by atoms with E-state index < -0.39 is 48.7 Å². The topological polar surface area (TPSA) is 147 Å². The Morgan fingerprint density at radius 2 is 1.59 bits per heavy atom. The summed E-state index contributed by atoms with van der Waals surface area (Å²) in [6.45, 7) is 13.4. The van der Waals surface area contributed by atoms with E-state index in [1.165, 1.54) is 50.5 Å². The number of rotatable bonds is 13. The fourth-order valence-corrected chi connectivity index (χ4v) is 16.4. The van der Waals surface area contributed by atoms with Gasteiger partial charge in [0.2, 0.25) is 0 Å². The van der Waals surface area contributed by atoms with Gasteiger partial charge in [-0.3, -0.25) is 14.4 Å². The van der Waals surface area contributed by atoms with Crippen LogP contribution in [0, 0.1) is 46.3 Å². The summed E-state index contributed by atoms with van der Waals surface area (Å²) in [5.41, 5.74) is 3.81. The van der Waals surface area contributed by atoms with Gasteiger partial charge in [0, 0.05) is 40.9 Å². The molecule has 2 N–H and O–H groups in total. The van der Waals surface area contributed by atoms with Crippen molar-refractivity contribution in [3.63, 3.8) is 0 Å². The van der Waals surface area contributed by atoms with Crippen LogP contribution in [0.5, 0.6) is 0 Å². The van der Waals surface area contributed by atoms with Gasteiger partial charge in [-0.15, -0.1) is 0 Å². The minimum atomic E-state index is -1.73. The van der Waals surface area contributed by atoms with Crippen LogP contribution in [-0.4, -0.2) is 63.0 Å². The van der Waals surface area contributed by atoms with Crippen molar-refractivity contribution in [2.24, 2.45) is 46.3 Å². The number of nitrogens with one attached hydrogen (secondary N) is 1. The van der Waals surface area contributed by atoms with Gasteiger partial charge in [-0.2, -0.15) is 0 Å². The number of amides is 1. The lowest BCUT2D eigenvalue weighted by Gasteiger charge is -2.58. The number of nitrogens with zero attached hydrogens (tertiary/aromatic N) is 2. The average molecular weight is 966 g/mol. The highest BCUT2D eigenvalue weighted by atomic mass is 16.6. The molecule has 12 heteroatoms. The molecule has 12 rings (SSSR count). The van der Waals surface area contributed by atoms with Crippen molar-refractivity contribution in [1.29, 1.82) is 0 Å². The SMILES string of the molecule is CC(C)CCCC(C)C1CCC2C3CC=C4CC(OC(=O)CCC(=O)OCC(=O)OCC5(O)CC6OC5(C)n5c7ccccc7c7c8c(c9c%10ccccc%10n6c9c75)C(=O)NC8)CCC4(C)C3CCC12C. The van der Waals surface area contributed by atoms with Crippen molar-refractivity contribution in [3.8, 4) is 0 Å². The first-order valence-electron chi connectivity index (χ1n) is 26.9. The Balaban J connectivity index is 0.666. The molecule has 3 saturated carbocycles. The van der Waals surface area contributed by atoms with Crippen LogP contribution in [0.4, 0.5) is 0 Å². The van der Waals surface area contributed by atoms with Gasteiger partial charge in [-0.1, -0.05) is 102 Å². The van der Waals surface area contributed by atoms with E-state index in [1.807, 2.05) is 60.0 Å². The van der Waals surface area contributed by atoms with Gasteiger partial charge in [0.1, 0.15) is 18.9 Å². The van der Waals surface area contributed by atoms with Crippen LogP contribution < -0.4 is 5.32 Å². The van der Waals surface area contributed by atoms with E-state index in [0.29, 0.717) is 23.4 Å². The minimum Gasteiger partial charge on any atom is -0.462 e. The second-order valence-corrected chi connectivity index (χ2v) is 24.0. The number of ether oxygens (including phenoxy) is 4. The number of para-hydroxylation sites is 2. The molecule has 11 unspecified atom stereocenters. The fraction of sp³-hybridized carbons (Fsp3) is 0.593. The monoisotopic (exact) mass is 966 g/mol. The van der Waals surface area contributed by atoms with E-state index in [0.717, 1.165) is 104 Å². The molecule has 4 fully saturated rings. The predicted molar refractivity (Wildman–Crippen MR) is 271 cm³/mol. The summed E-state index contributed by atoms with van der Waals surface area (Å²) in [7, 11) is 0. The summed E-state index contributed by atoms with van der Waals surface area (Å²) in [6.07, 6.45) is 14.4. The van der Waals surface area contributed by atoms with Gasteiger partial charge in [0.25, 0.3) is 5.91 Å². The first-order chi connectivity index (χ1) is 34.0. The van der Waals surface area contributed by atoms with Gasteiger partial charge in [0.15, 0.2) is 17.9 Å². The minimum absolute atomic E-state index is 0.0698. The molecule has 376 valence electrons. The Kier molecular flexibility index (Phi) is 11.2. The van der Waals surface area contributed by atoms with Crippen molar-refractivity contribution in [2.45, 2.75) is 162 Å². The quantitative estimate of drug-likeness (QED) is 0.0668. The summed E-state index contributed by atoms with van der Waals surface area (Å²) in [5.74, 6) is 2.52. The van der Waals surface area contributed by atoms with Crippen LogP contribution in [0.3, 0.4) is 0 Å². The van der Waals surface area contributed by atoms with Crippen molar-refractivity contribution in [2.75, 3.05) is 13.2 Å². The lowest BCUT2D eigenvalue weighted by atomic mass is 9.47. The molecule has 2 aromatic heterocycles. The molecule has 7 aliphatic rings. The zero-order valence-corrected chi connectivity index (χ0v) is 42.4. The highest BCUT2D eigenvalue weighted by molar-refractivity contribution is 6.31. The zero-order chi connectivity index (χ0) is 49.4. The number of carbonyl (C=O) groups excluding carboxylic acids is 4. The third-order valence-electron chi connectivity index (χ3n) is 19.9. The molecule has 1 saturated heterocycles. The normalized spacial score (nSPS) is 32.9. The summed E-state index contributed by atoms with van der Waals surface area (Å²) in [6, 6.07) is 15.8. The zero-order valence-electron chi connectivity index (χ0n) is 42.4. The Bertz CT molecular complexity index is 3070. The molecule has 71 heavy (non-hydrogen) atoms.